The molecule has 42 heavy (non-hydrogen) atoms. The van der Waals surface area contributed by atoms with Crippen LogP contribution in [-0.2, 0) is 24.6 Å². The van der Waals surface area contributed by atoms with Crippen LogP contribution in [0.4, 0.5) is 23.8 Å². The number of imide groups is 1. The molecule has 0 bridgehead atoms. The van der Waals surface area contributed by atoms with Gasteiger partial charge < -0.3 is 0 Å². The van der Waals surface area contributed by atoms with E-state index in [0.717, 1.165) is 40.4 Å². The standard InChI is InChI=1S/C32H32F3N5O2/c1-20-4-3-5-22(16-20)23-6-7-25(27(17-23)32(33,34)35)19-39-13-10-21(11-14-39)24-8-9-26-28(18-24)38(2)37-30(26)40-15-12-29(41)36-31(40)42/h3-9,16-18,21H,10-15,19H2,1-2H3,(H,36,41,42). The fourth-order valence-electron chi connectivity index (χ4n) is 6.12. The van der Waals surface area contributed by atoms with Gasteiger partial charge in [-0.05, 0) is 79.2 Å². The molecular formula is C32H32F3N5O2. The Balaban J connectivity index is 1.16. The van der Waals surface area contributed by atoms with E-state index < -0.39 is 17.8 Å². The molecule has 0 radical (unpaired) electrons. The quantitative estimate of drug-likeness (QED) is 0.299. The normalized spacial score (nSPS) is 17.2. The van der Waals surface area contributed by atoms with Gasteiger partial charge in [-0.2, -0.15) is 18.3 Å². The Morgan fingerprint density at radius 2 is 1.71 bits per heavy atom. The Bertz CT molecular complexity index is 1670. The fraction of sp³-hybridized carbons (Fsp3) is 0.344. The summed E-state index contributed by atoms with van der Waals surface area (Å²) in [5.41, 5.74) is 4.10. The van der Waals surface area contributed by atoms with Crippen molar-refractivity contribution in [2.24, 2.45) is 7.05 Å². The van der Waals surface area contributed by atoms with Gasteiger partial charge in [-0.1, -0.05) is 48.0 Å². The molecule has 3 amide bonds. The summed E-state index contributed by atoms with van der Waals surface area (Å²) in [7, 11) is 1.83. The maximum absolute atomic E-state index is 14.1. The van der Waals surface area contributed by atoms with E-state index >= 15 is 0 Å². The van der Waals surface area contributed by atoms with Crippen molar-refractivity contribution in [2.75, 3.05) is 24.5 Å². The number of anilines is 1. The summed E-state index contributed by atoms with van der Waals surface area (Å²) in [4.78, 5) is 27.5. The number of hydrogen-bond donors (Lipinski definition) is 1. The third-order valence-electron chi connectivity index (χ3n) is 8.39. The van der Waals surface area contributed by atoms with Crippen molar-refractivity contribution >= 4 is 28.7 Å². The molecule has 10 heteroatoms. The molecule has 1 aromatic heterocycles. The molecule has 3 heterocycles. The molecule has 1 N–H and O–H groups in total. The van der Waals surface area contributed by atoms with Crippen LogP contribution in [-0.4, -0.2) is 46.3 Å². The highest BCUT2D eigenvalue weighted by Gasteiger charge is 2.35. The van der Waals surface area contributed by atoms with E-state index in [9.17, 15) is 22.8 Å². The first-order valence-electron chi connectivity index (χ1n) is 14.1. The summed E-state index contributed by atoms with van der Waals surface area (Å²) in [6.07, 6.45) is -2.55. The Hall–Kier alpha value is -4.18. The minimum Gasteiger partial charge on any atom is -0.299 e. The zero-order valence-corrected chi connectivity index (χ0v) is 23.5. The van der Waals surface area contributed by atoms with E-state index in [-0.39, 0.29) is 31.3 Å². The van der Waals surface area contributed by atoms with Crippen molar-refractivity contribution in [1.82, 2.24) is 20.0 Å². The molecule has 4 aromatic rings. The van der Waals surface area contributed by atoms with E-state index in [1.807, 2.05) is 50.4 Å². The second kappa shape index (κ2) is 10.9. The van der Waals surface area contributed by atoms with Gasteiger partial charge >= 0.3 is 12.2 Å². The largest absolute Gasteiger partial charge is 0.416 e. The fourth-order valence-corrected chi connectivity index (χ4v) is 6.12. The predicted octanol–water partition coefficient (Wildman–Crippen LogP) is 6.39. The lowest BCUT2D eigenvalue weighted by Gasteiger charge is -2.33. The number of halogens is 3. The minimum atomic E-state index is -4.44. The Morgan fingerprint density at radius 1 is 0.952 bits per heavy atom. The first-order valence-corrected chi connectivity index (χ1v) is 14.1. The molecule has 0 spiro atoms. The lowest BCUT2D eigenvalue weighted by atomic mass is 9.88. The van der Waals surface area contributed by atoms with Crippen molar-refractivity contribution in [3.63, 3.8) is 0 Å². The number of piperidine rings is 1. The second-order valence-corrected chi connectivity index (χ2v) is 11.3. The maximum Gasteiger partial charge on any atom is 0.416 e. The van der Waals surface area contributed by atoms with Gasteiger partial charge in [0.05, 0.1) is 11.1 Å². The number of nitrogens with one attached hydrogen (secondary N) is 1. The number of likely N-dealkylation sites (tertiary alicyclic amines) is 1. The molecule has 0 atom stereocenters. The Morgan fingerprint density at radius 3 is 2.43 bits per heavy atom. The minimum absolute atomic E-state index is 0.224. The molecule has 0 saturated carbocycles. The summed E-state index contributed by atoms with van der Waals surface area (Å²) >= 11 is 0. The van der Waals surface area contributed by atoms with E-state index in [0.29, 0.717) is 30.0 Å². The van der Waals surface area contributed by atoms with Crippen molar-refractivity contribution in [2.45, 2.75) is 44.8 Å². The van der Waals surface area contributed by atoms with Crippen molar-refractivity contribution in [1.29, 1.82) is 0 Å². The van der Waals surface area contributed by atoms with Gasteiger partial charge in [0.25, 0.3) is 0 Å². The molecule has 2 fully saturated rings. The highest BCUT2D eigenvalue weighted by atomic mass is 19.4. The number of benzene rings is 3. The number of carbonyl (C=O) groups excluding carboxylic acids is 2. The molecule has 0 aliphatic carbocycles. The first-order chi connectivity index (χ1) is 20.1. The van der Waals surface area contributed by atoms with Crippen LogP contribution < -0.4 is 10.2 Å². The number of nitrogens with zero attached hydrogens (tertiary/aromatic N) is 4. The lowest BCUT2D eigenvalue weighted by Crippen LogP contribution is -2.49. The van der Waals surface area contributed by atoms with Crippen LogP contribution in [0.25, 0.3) is 22.0 Å². The van der Waals surface area contributed by atoms with E-state index in [4.69, 9.17) is 0 Å². The van der Waals surface area contributed by atoms with Crippen LogP contribution >= 0.6 is 0 Å². The van der Waals surface area contributed by atoms with Gasteiger partial charge in [-0.3, -0.25) is 24.6 Å². The average molecular weight is 576 g/mol. The highest BCUT2D eigenvalue weighted by Crippen LogP contribution is 2.38. The number of hydrogen-bond acceptors (Lipinski definition) is 4. The van der Waals surface area contributed by atoms with E-state index in [1.54, 1.807) is 16.8 Å². The summed E-state index contributed by atoms with van der Waals surface area (Å²) in [5, 5.41) is 7.73. The zero-order valence-electron chi connectivity index (χ0n) is 23.5. The van der Waals surface area contributed by atoms with Gasteiger partial charge in [0.1, 0.15) is 0 Å². The highest BCUT2D eigenvalue weighted by molar-refractivity contribution is 6.08. The molecular weight excluding hydrogens is 543 g/mol. The predicted molar refractivity (Wildman–Crippen MR) is 155 cm³/mol. The number of fused-ring (bicyclic) bond motifs is 1. The number of amides is 3. The number of alkyl halides is 3. The number of urea groups is 1. The van der Waals surface area contributed by atoms with Crippen molar-refractivity contribution in [3.8, 4) is 11.1 Å². The summed E-state index contributed by atoms with van der Waals surface area (Å²) in [6.45, 7) is 3.84. The van der Waals surface area contributed by atoms with Gasteiger partial charge in [-0.25, -0.2) is 4.79 Å². The van der Waals surface area contributed by atoms with Crippen LogP contribution in [0.3, 0.4) is 0 Å². The van der Waals surface area contributed by atoms with E-state index in [1.165, 1.54) is 11.0 Å². The molecule has 3 aromatic carbocycles. The summed E-state index contributed by atoms with van der Waals surface area (Å²) in [6, 6.07) is 17.8. The summed E-state index contributed by atoms with van der Waals surface area (Å²) in [5.74, 6) is 0.498. The van der Waals surface area contributed by atoms with Gasteiger partial charge in [0.15, 0.2) is 5.82 Å². The number of aryl methyl sites for hydroxylation is 2. The monoisotopic (exact) mass is 575 g/mol. The lowest BCUT2D eigenvalue weighted by molar-refractivity contribution is -0.138. The third kappa shape index (κ3) is 5.51. The first kappa shape index (κ1) is 28.0. The Kier molecular flexibility index (Phi) is 7.26. The van der Waals surface area contributed by atoms with Crippen LogP contribution in [0.15, 0.2) is 60.7 Å². The van der Waals surface area contributed by atoms with Crippen LogP contribution in [0.2, 0.25) is 0 Å². The maximum atomic E-state index is 14.1. The SMILES string of the molecule is Cc1cccc(-c2ccc(CN3CCC(c4ccc5c(N6CCC(=O)NC6=O)nn(C)c5c4)CC3)c(C(F)(F)F)c2)c1. The van der Waals surface area contributed by atoms with Gasteiger partial charge in [-0.15, -0.1) is 0 Å². The second-order valence-electron chi connectivity index (χ2n) is 11.3. The molecule has 6 rings (SSSR count). The van der Waals surface area contributed by atoms with Gasteiger partial charge in [0.2, 0.25) is 5.91 Å². The zero-order chi connectivity index (χ0) is 29.6. The van der Waals surface area contributed by atoms with Crippen LogP contribution in [0.5, 0.6) is 0 Å². The molecule has 2 saturated heterocycles. The average Bonchev–Trinajstić information content (AvgIpc) is 3.28. The van der Waals surface area contributed by atoms with Gasteiger partial charge in [0, 0.05) is 31.9 Å². The number of carbonyl (C=O) groups is 2. The Labute approximate surface area is 241 Å². The topological polar surface area (TPSA) is 70.5 Å². The molecule has 2 aliphatic heterocycles. The smallest absolute Gasteiger partial charge is 0.299 e. The van der Waals surface area contributed by atoms with E-state index in [2.05, 4.69) is 21.4 Å². The number of rotatable bonds is 5. The molecule has 2 aliphatic rings. The van der Waals surface area contributed by atoms with Crippen molar-refractivity contribution in [3.05, 3.63) is 82.9 Å². The third-order valence-corrected chi connectivity index (χ3v) is 8.39. The van der Waals surface area contributed by atoms with Crippen LogP contribution in [0.1, 0.15) is 47.4 Å². The molecule has 7 nitrogen and oxygen atoms in total. The van der Waals surface area contributed by atoms with Crippen molar-refractivity contribution < 1.29 is 22.8 Å². The van der Waals surface area contributed by atoms with Crippen LogP contribution in [0, 0.1) is 6.92 Å². The summed E-state index contributed by atoms with van der Waals surface area (Å²) < 4.78 is 44.1. The number of aromatic nitrogens is 2. The molecule has 0 unspecified atom stereocenters. The molecule has 218 valence electrons.